The third kappa shape index (κ3) is 2.63. The summed E-state index contributed by atoms with van der Waals surface area (Å²) in [5, 5.41) is 0. The summed E-state index contributed by atoms with van der Waals surface area (Å²) in [7, 11) is -3.30. The first-order valence-electron chi connectivity index (χ1n) is 7.64. The number of hydrogen-bond acceptors (Lipinski definition) is 2. The van der Waals surface area contributed by atoms with Gasteiger partial charge in [-0.3, -0.25) is 0 Å². The predicted octanol–water partition coefficient (Wildman–Crippen LogP) is 3.20. The molecule has 1 aliphatic heterocycles. The first-order chi connectivity index (χ1) is 9.57. The van der Waals surface area contributed by atoms with Gasteiger partial charge in [-0.1, -0.05) is 37.0 Å². The minimum atomic E-state index is -3.30. The average Bonchev–Trinajstić information content (AvgIpc) is 2.47. The van der Waals surface area contributed by atoms with Crippen LogP contribution in [0.2, 0.25) is 0 Å². The number of sulfonamides is 1. The van der Waals surface area contributed by atoms with Gasteiger partial charge in [-0.2, -0.15) is 4.31 Å². The van der Waals surface area contributed by atoms with Gasteiger partial charge in [0.1, 0.15) is 0 Å². The Morgan fingerprint density at radius 3 is 2.35 bits per heavy atom. The fourth-order valence-electron chi connectivity index (χ4n) is 3.65. The lowest BCUT2D eigenvalue weighted by atomic mass is 9.76. The molecule has 4 heteroatoms. The maximum Gasteiger partial charge on any atom is 0.243 e. The molecular weight excluding hydrogens is 270 g/mol. The maximum absolute atomic E-state index is 12.7. The Bertz CT molecular complexity index is 565. The van der Waals surface area contributed by atoms with Crippen molar-refractivity contribution in [3.63, 3.8) is 0 Å². The van der Waals surface area contributed by atoms with Crippen LogP contribution < -0.4 is 0 Å². The van der Waals surface area contributed by atoms with Gasteiger partial charge in [0.15, 0.2) is 0 Å². The van der Waals surface area contributed by atoms with Crippen molar-refractivity contribution in [1.29, 1.82) is 0 Å². The van der Waals surface area contributed by atoms with Gasteiger partial charge in [0.2, 0.25) is 10.0 Å². The van der Waals surface area contributed by atoms with Crippen LogP contribution in [0.4, 0.5) is 0 Å². The highest BCUT2D eigenvalue weighted by Gasteiger charge is 2.36. The third-order valence-corrected chi connectivity index (χ3v) is 6.79. The number of benzene rings is 1. The molecule has 3 rings (SSSR count). The topological polar surface area (TPSA) is 37.4 Å². The maximum atomic E-state index is 12.7. The van der Waals surface area contributed by atoms with Crippen molar-refractivity contribution in [1.82, 2.24) is 4.31 Å². The van der Waals surface area contributed by atoms with Crippen molar-refractivity contribution in [3.8, 4) is 0 Å². The Kier molecular flexibility index (Phi) is 3.87. The predicted molar refractivity (Wildman–Crippen MR) is 80.0 cm³/mol. The van der Waals surface area contributed by atoms with Crippen LogP contribution >= 0.6 is 0 Å². The lowest BCUT2D eigenvalue weighted by Crippen LogP contribution is -2.44. The molecule has 1 heterocycles. The van der Waals surface area contributed by atoms with Gasteiger partial charge in [0, 0.05) is 13.1 Å². The van der Waals surface area contributed by atoms with E-state index in [0.29, 0.717) is 17.4 Å². The largest absolute Gasteiger partial charge is 0.243 e. The zero-order valence-electron chi connectivity index (χ0n) is 12.1. The van der Waals surface area contributed by atoms with E-state index >= 15 is 0 Å². The summed E-state index contributed by atoms with van der Waals surface area (Å²) in [6, 6.07) is 7.22. The quantitative estimate of drug-likeness (QED) is 0.839. The molecule has 1 saturated heterocycles. The Balaban J connectivity index is 1.79. The molecular formula is C16H23NO2S. The summed E-state index contributed by atoms with van der Waals surface area (Å²) in [6.45, 7) is 3.39. The monoisotopic (exact) mass is 293 g/mol. The summed E-state index contributed by atoms with van der Waals surface area (Å²) in [5.41, 5.74) is 1.09. The zero-order chi connectivity index (χ0) is 14.2. The molecule has 0 aromatic heterocycles. The van der Waals surface area contributed by atoms with E-state index in [1.165, 1.54) is 25.7 Å². The molecule has 2 fully saturated rings. The van der Waals surface area contributed by atoms with Crippen LogP contribution in [0.3, 0.4) is 0 Å². The molecule has 110 valence electrons. The Labute approximate surface area is 122 Å². The average molecular weight is 293 g/mol. The van der Waals surface area contributed by atoms with E-state index in [1.54, 1.807) is 16.4 Å². The lowest BCUT2D eigenvalue weighted by Gasteiger charge is -2.40. The van der Waals surface area contributed by atoms with Crippen molar-refractivity contribution in [2.24, 2.45) is 11.8 Å². The van der Waals surface area contributed by atoms with Crippen LogP contribution in [0.1, 0.15) is 37.7 Å². The van der Waals surface area contributed by atoms with Crippen molar-refractivity contribution in [2.75, 3.05) is 13.1 Å². The molecule has 2 atom stereocenters. The van der Waals surface area contributed by atoms with Gasteiger partial charge in [0.05, 0.1) is 4.90 Å². The van der Waals surface area contributed by atoms with Gasteiger partial charge in [-0.05, 0) is 43.7 Å². The number of rotatable bonds is 2. The van der Waals surface area contributed by atoms with E-state index in [1.807, 2.05) is 19.1 Å². The SMILES string of the molecule is Cc1ccc(S(=O)(=O)N2CC[C@@H]3CCCC[C@@H]3C2)cc1. The molecule has 0 spiro atoms. The highest BCUT2D eigenvalue weighted by molar-refractivity contribution is 7.89. The summed E-state index contributed by atoms with van der Waals surface area (Å²) in [4.78, 5) is 0.442. The van der Waals surface area contributed by atoms with E-state index in [2.05, 4.69) is 0 Å². The van der Waals surface area contributed by atoms with Crippen LogP contribution in [-0.2, 0) is 10.0 Å². The summed E-state index contributed by atoms with van der Waals surface area (Å²) in [5.74, 6) is 1.34. The highest BCUT2D eigenvalue weighted by Crippen LogP contribution is 2.37. The molecule has 0 bridgehead atoms. The molecule has 3 nitrogen and oxygen atoms in total. The molecule has 1 aromatic carbocycles. The molecule has 2 aliphatic rings. The van der Waals surface area contributed by atoms with Gasteiger partial charge in [-0.25, -0.2) is 8.42 Å². The second-order valence-electron chi connectivity index (χ2n) is 6.27. The minimum Gasteiger partial charge on any atom is -0.207 e. The standard InChI is InChI=1S/C16H23NO2S/c1-13-6-8-16(9-7-13)20(18,19)17-11-10-14-4-2-3-5-15(14)12-17/h6-9,14-15H,2-5,10-12H2,1H3/t14-,15+/m0/s1. The van der Waals surface area contributed by atoms with Gasteiger partial charge < -0.3 is 0 Å². The Morgan fingerprint density at radius 2 is 1.65 bits per heavy atom. The molecule has 0 amide bonds. The molecule has 0 unspecified atom stereocenters. The highest BCUT2D eigenvalue weighted by atomic mass is 32.2. The number of aryl methyl sites for hydroxylation is 1. The summed E-state index contributed by atoms with van der Waals surface area (Å²) < 4.78 is 27.1. The van der Waals surface area contributed by atoms with Crippen molar-refractivity contribution in [3.05, 3.63) is 29.8 Å². The Morgan fingerprint density at radius 1 is 1.00 bits per heavy atom. The van der Waals surface area contributed by atoms with Crippen LogP contribution in [0.15, 0.2) is 29.2 Å². The van der Waals surface area contributed by atoms with Crippen LogP contribution in [0.25, 0.3) is 0 Å². The van der Waals surface area contributed by atoms with Crippen molar-refractivity contribution in [2.45, 2.75) is 43.9 Å². The van der Waals surface area contributed by atoms with Gasteiger partial charge >= 0.3 is 0 Å². The number of nitrogens with zero attached hydrogens (tertiary/aromatic N) is 1. The number of piperidine rings is 1. The van der Waals surface area contributed by atoms with E-state index in [-0.39, 0.29) is 0 Å². The van der Waals surface area contributed by atoms with Gasteiger partial charge in [0.25, 0.3) is 0 Å². The first kappa shape index (κ1) is 14.1. The van der Waals surface area contributed by atoms with E-state index < -0.39 is 10.0 Å². The first-order valence-corrected chi connectivity index (χ1v) is 9.08. The van der Waals surface area contributed by atoms with Crippen LogP contribution in [-0.4, -0.2) is 25.8 Å². The molecule has 1 aromatic rings. The van der Waals surface area contributed by atoms with Gasteiger partial charge in [-0.15, -0.1) is 0 Å². The molecule has 0 radical (unpaired) electrons. The number of hydrogen-bond donors (Lipinski definition) is 0. The van der Waals surface area contributed by atoms with Crippen molar-refractivity contribution >= 4 is 10.0 Å². The summed E-state index contributed by atoms with van der Waals surface area (Å²) >= 11 is 0. The molecule has 0 N–H and O–H groups in total. The molecule has 20 heavy (non-hydrogen) atoms. The van der Waals surface area contributed by atoms with Crippen LogP contribution in [0.5, 0.6) is 0 Å². The normalized spacial score (nSPS) is 28.1. The second kappa shape index (κ2) is 5.49. The van der Waals surface area contributed by atoms with E-state index in [4.69, 9.17) is 0 Å². The second-order valence-corrected chi connectivity index (χ2v) is 8.21. The third-order valence-electron chi connectivity index (χ3n) is 4.91. The van der Waals surface area contributed by atoms with E-state index in [0.717, 1.165) is 24.4 Å². The number of fused-ring (bicyclic) bond motifs is 1. The molecule has 1 saturated carbocycles. The summed E-state index contributed by atoms with van der Waals surface area (Å²) in [6.07, 6.45) is 6.12. The van der Waals surface area contributed by atoms with Crippen molar-refractivity contribution < 1.29 is 8.42 Å². The van der Waals surface area contributed by atoms with E-state index in [9.17, 15) is 8.42 Å². The Hall–Kier alpha value is -0.870. The molecule has 1 aliphatic carbocycles. The minimum absolute atomic E-state index is 0.442. The fraction of sp³-hybridized carbons (Fsp3) is 0.625. The fourth-order valence-corrected chi connectivity index (χ4v) is 5.16. The lowest BCUT2D eigenvalue weighted by molar-refractivity contribution is 0.136. The smallest absolute Gasteiger partial charge is 0.207 e. The zero-order valence-corrected chi connectivity index (χ0v) is 12.9. The van der Waals surface area contributed by atoms with Crippen LogP contribution in [0, 0.1) is 18.8 Å².